The van der Waals surface area contributed by atoms with E-state index in [1.54, 1.807) is 19.2 Å². The van der Waals surface area contributed by atoms with Crippen LogP contribution in [-0.2, 0) is 11.2 Å². The van der Waals surface area contributed by atoms with Gasteiger partial charge in [-0.2, -0.15) is 0 Å². The first-order chi connectivity index (χ1) is 11.7. The van der Waals surface area contributed by atoms with Gasteiger partial charge in [-0.3, -0.25) is 4.79 Å². The molecule has 1 amide bonds. The minimum atomic E-state index is -0.445. The molecule has 0 fully saturated rings. The highest BCUT2D eigenvalue weighted by atomic mass is 16.5. The van der Waals surface area contributed by atoms with Crippen molar-refractivity contribution in [2.75, 3.05) is 19.0 Å². The van der Waals surface area contributed by atoms with E-state index in [4.69, 9.17) is 9.47 Å². The quantitative estimate of drug-likeness (QED) is 0.885. The molecular weight excluding hydrogens is 306 g/mol. The van der Waals surface area contributed by atoms with Crippen LogP contribution in [0.25, 0.3) is 0 Å². The van der Waals surface area contributed by atoms with Gasteiger partial charge in [-0.05, 0) is 48.6 Å². The standard InChI is InChI=1S/C19H21NO4/c1-23-18-10-3-2-8-15(18)20-19(22)12-24-17-11-5-6-13-14(17)7-4-9-16(13)21/h2-3,5-6,8,10-11,16,21H,4,7,9,12H2,1H3,(H,20,22)/t16-/m1/s1. The largest absolute Gasteiger partial charge is 0.495 e. The van der Waals surface area contributed by atoms with Gasteiger partial charge in [-0.15, -0.1) is 0 Å². The van der Waals surface area contributed by atoms with Crippen LogP contribution >= 0.6 is 0 Å². The minimum absolute atomic E-state index is 0.0927. The number of aliphatic hydroxyl groups excluding tert-OH is 1. The summed E-state index contributed by atoms with van der Waals surface area (Å²) in [4.78, 5) is 12.1. The average molecular weight is 327 g/mol. The normalized spacial score (nSPS) is 16.2. The van der Waals surface area contributed by atoms with Crippen molar-refractivity contribution in [1.29, 1.82) is 0 Å². The second-order valence-corrected chi connectivity index (χ2v) is 5.77. The zero-order valence-corrected chi connectivity index (χ0v) is 13.6. The van der Waals surface area contributed by atoms with Crippen LogP contribution in [0.15, 0.2) is 42.5 Å². The SMILES string of the molecule is COc1ccccc1NC(=O)COc1cccc2c1CCC[C@H]2O. The number of fused-ring (bicyclic) bond motifs is 1. The number of carbonyl (C=O) groups is 1. The van der Waals surface area contributed by atoms with E-state index in [-0.39, 0.29) is 12.5 Å². The lowest BCUT2D eigenvalue weighted by Gasteiger charge is -2.23. The highest BCUT2D eigenvalue weighted by Crippen LogP contribution is 2.35. The highest BCUT2D eigenvalue weighted by Gasteiger charge is 2.21. The number of hydrogen-bond acceptors (Lipinski definition) is 4. The topological polar surface area (TPSA) is 67.8 Å². The zero-order chi connectivity index (χ0) is 16.9. The number of nitrogens with one attached hydrogen (secondary N) is 1. The second kappa shape index (κ2) is 7.36. The number of rotatable bonds is 5. The molecule has 5 nitrogen and oxygen atoms in total. The van der Waals surface area contributed by atoms with Gasteiger partial charge < -0.3 is 19.9 Å². The van der Waals surface area contributed by atoms with Crippen LogP contribution in [0.3, 0.4) is 0 Å². The van der Waals surface area contributed by atoms with Gasteiger partial charge in [0.1, 0.15) is 11.5 Å². The summed E-state index contributed by atoms with van der Waals surface area (Å²) >= 11 is 0. The van der Waals surface area contributed by atoms with Crippen molar-refractivity contribution in [3.05, 3.63) is 53.6 Å². The first-order valence-corrected chi connectivity index (χ1v) is 8.04. The van der Waals surface area contributed by atoms with Crippen LogP contribution in [0.5, 0.6) is 11.5 Å². The molecule has 0 heterocycles. The Balaban J connectivity index is 1.66. The van der Waals surface area contributed by atoms with Crippen molar-refractivity contribution < 1.29 is 19.4 Å². The summed E-state index contributed by atoms with van der Waals surface area (Å²) in [5.41, 5.74) is 2.52. The van der Waals surface area contributed by atoms with E-state index in [1.165, 1.54) is 0 Å². The van der Waals surface area contributed by atoms with Gasteiger partial charge in [0.05, 0.1) is 18.9 Å². The van der Waals surface area contributed by atoms with Gasteiger partial charge in [-0.1, -0.05) is 24.3 Å². The molecule has 2 N–H and O–H groups in total. The molecule has 1 aliphatic rings. The molecular formula is C19H21NO4. The molecule has 3 rings (SSSR count). The van der Waals surface area contributed by atoms with Gasteiger partial charge in [0.15, 0.2) is 6.61 Å². The number of aliphatic hydroxyl groups is 1. The minimum Gasteiger partial charge on any atom is -0.495 e. The number of anilines is 1. The maximum absolute atomic E-state index is 12.1. The summed E-state index contributed by atoms with van der Waals surface area (Å²) in [5.74, 6) is 1.01. The summed E-state index contributed by atoms with van der Waals surface area (Å²) in [5, 5.41) is 12.8. The molecule has 0 aromatic heterocycles. The number of amides is 1. The lowest BCUT2D eigenvalue weighted by atomic mass is 9.89. The molecule has 0 unspecified atom stereocenters. The first-order valence-electron chi connectivity index (χ1n) is 8.04. The Morgan fingerprint density at radius 2 is 2.00 bits per heavy atom. The molecule has 5 heteroatoms. The lowest BCUT2D eigenvalue weighted by molar-refractivity contribution is -0.118. The lowest BCUT2D eigenvalue weighted by Crippen LogP contribution is -2.21. The van der Waals surface area contributed by atoms with Crippen LogP contribution in [0, 0.1) is 0 Å². The predicted molar refractivity (Wildman–Crippen MR) is 91.5 cm³/mol. The Bertz CT molecular complexity index is 729. The number of ether oxygens (including phenoxy) is 2. The number of benzene rings is 2. The van der Waals surface area contributed by atoms with Crippen molar-refractivity contribution in [2.45, 2.75) is 25.4 Å². The summed E-state index contributed by atoms with van der Waals surface area (Å²) < 4.78 is 10.9. The fraction of sp³-hybridized carbons (Fsp3) is 0.316. The monoisotopic (exact) mass is 327 g/mol. The Kier molecular flexibility index (Phi) is 5.01. The number of para-hydroxylation sites is 2. The van der Waals surface area contributed by atoms with Crippen molar-refractivity contribution >= 4 is 11.6 Å². The predicted octanol–water partition coefficient (Wildman–Crippen LogP) is 3.08. The smallest absolute Gasteiger partial charge is 0.262 e. The van der Waals surface area contributed by atoms with Crippen molar-refractivity contribution in [3.8, 4) is 11.5 Å². The van der Waals surface area contributed by atoms with Gasteiger partial charge >= 0.3 is 0 Å². The van der Waals surface area contributed by atoms with E-state index >= 15 is 0 Å². The van der Waals surface area contributed by atoms with E-state index in [1.807, 2.05) is 30.3 Å². The summed E-state index contributed by atoms with van der Waals surface area (Å²) in [6.45, 7) is -0.0927. The van der Waals surface area contributed by atoms with Crippen LogP contribution in [0.4, 0.5) is 5.69 Å². The molecule has 0 aliphatic heterocycles. The molecule has 0 bridgehead atoms. The van der Waals surface area contributed by atoms with Gasteiger partial charge in [0.25, 0.3) is 5.91 Å². The fourth-order valence-corrected chi connectivity index (χ4v) is 3.00. The van der Waals surface area contributed by atoms with Gasteiger partial charge in [0.2, 0.25) is 0 Å². The number of methoxy groups -OCH3 is 1. The first kappa shape index (κ1) is 16.3. The number of hydrogen-bond donors (Lipinski definition) is 2. The molecule has 2 aromatic rings. The Hall–Kier alpha value is -2.53. The Morgan fingerprint density at radius 1 is 1.21 bits per heavy atom. The average Bonchev–Trinajstić information content (AvgIpc) is 2.61. The van der Waals surface area contributed by atoms with Crippen LogP contribution < -0.4 is 14.8 Å². The van der Waals surface area contributed by atoms with Crippen molar-refractivity contribution in [3.63, 3.8) is 0 Å². The Morgan fingerprint density at radius 3 is 2.83 bits per heavy atom. The molecule has 0 spiro atoms. The molecule has 0 saturated heterocycles. The maximum atomic E-state index is 12.1. The fourth-order valence-electron chi connectivity index (χ4n) is 3.00. The van der Waals surface area contributed by atoms with Crippen LogP contribution in [0.1, 0.15) is 30.1 Å². The van der Waals surface area contributed by atoms with E-state index in [0.29, 0.717) is 17.2 Å². The Labute approximate surface area is 141 Å². The van der Waals surface area contributed by atoms with Crippen LogP contribution in [0.2, 0.25) is 0 Å². The van der Waals surface area contributed by atoms with Crippen molar-refractivity contribution in [2.24, 2.45) is 0 Å². The molecule has 126 valence electrons. The third-order valence-electron chi connectivity index (χ3n) is 4.17. The maximum Gasteiger partial charge on any atom is 0.262 e. The van der Waals surface area contributed by atoms with E-state index in [2.05, 4.69) is 5.32 Å². The second-order valence-electron chi connectivity index (χ2n) is 5.77. The van der Waals surface area contributed by atoms with Crippen LogP contribution in [-0.4, -0.2) is 24.7 Å². The van der Waals surface area contributed by atoms with Gasteiger partial charge in [0, 0.05) is 0 Å². The van der Waals surface area contributed by atoms with E-state index < -0.39 is 6.10 Å². The third-order valence-corrected chi connectivity index (χ3v) is 4.17. The summed E-state index contributed by atoms with van der Waals surface area (Å²) in [6.07, 6.45) is 2.10. The molecule has 2 aromatic carbocycles. The van der Waals surface area contributed by atoms with Crippen molar-refractivity contribution in [1.82, 2.24) is 0 Å². The van der Waals surface area contributed by atoms with E-state index in [0.717, 1.165) is 30.4 Å². The third kappa shape index (κ3) is 3.51. The molecule has 1 atom stereocenters. The highest BCUT2D eigenvalue weighted by molar-refractivity contribution is 5.93. The zero-order valence-electron chi connectivity index (χ0n) is 13.6. The van der Waals surface area contributed by atoms with E-state index in [9.17, 15) is 9.90 Å². The summed E-state index contributed by atoms with van der Waals surface area (Å²) in [7, 11) is 1.56. The van der Waals surface area contributed by atoms with Gasteiger partial charge in [-0.25, -0.2) is 0 Å². The number of carbonyl (C=O) groups excluding carboxylic acids is 1. The summed E-state index contributed by atoms with van der Waals surface area (Å²) in [6, 6.07) is 12.8. The molecule has 0 radical (unpaired) electrons. The molecule has 1 aliphatic carbocycles. The molecule has 24 heavy (non-hydrogen) atoms. The molecule has 0 saturated carbocycles.